The number of hydrogen-bond acceptors (Lipinski definition) is 6. The van der Waals surface area contributed by atoms with Crippen LogP contribution < -0.4 is 19.9 Å². The van der Waals surface area contributed by atoms with Crippen LogP contribution in [0.25, 0.3) is 0 Å². The van der Waals surface area contributed by atoms with Crippen molar-refractivity contribution in [2.24, 2.45) is 0 Å². The molecule has 0 spiro atoms. The molecule has 0 unspecified atom stereocenters. The van der Waals surface area contributed by atoms with Gasteiger partial charge in [0, 0.05) is 29.0 Å². The van der Waals surface area contributed by atoms with E-state index in [1.807, 2.05) is 54.6 Å². The third kappa shape index (κ3) is 6.14. The van der Waals surface area contributed by atoms with Crippen LogP contribution >= 0.6 is 23.2 Å². The number of halogens is 2. The molecule has 0 saturated carbocycles. The number of rotatable bonds is 10. The number of benzene rings is 3. The van der Waals surface area contributed by atoms with Crippen LogP contribution in [0.2, 0.25) is 10.0 Å². The maximum absolute atomic E-state index is 13.9. The molecule has 0 aliphatic carbocycles. The number of para-hydroxylation sites is 1. The molecule has 1 aliphatic heterocycles. The van der Waals surface area contributed by atoms with Gasteiger partial charge in [-0.3, -0.25) is 4.90 Å². The number of nitrogens with zero attached hydrogens (tertiary/aromatic N) is 5. The number of anilines is 5. The second-order valence-electron chi connectivity index (χ2n) is 9.20. The first-order chi connectivity index (χ1) is 19.5. The number of aromatic nitrogens is 2. The van der Waals surface area contributed by atoms with Crippen molar-refractivity contribution < 1.29 is 9.53 Å². The number of likely N-dealkylation sites (N-methyl/N-ethyl adjacent to an activating group) is 1. The van der Waals surface area contributed by atoms with Crippen LogP contribution in [0.5, 0.6) is 5.75 Å². The van der Waals surface area contributed by atoms with Gasteiger partial charge in [-0.05, 0) is 67.7 Å². The van der Waals surface area contributed by atoms with E-state index in [0.29, 0.717) is 39.8 Å². The van der Waals surface area contributed by atoms with Crippen molar-refractivity contribution in [1.82, 2.24) is 14.9 Å². The summed E-state index contributed by atoms with van der Waals surface area (Å²) in [6, 6.07) is 21.8. The van der Waals surface area contributed by atoms with Gasteiger partial charge < -0.3 is 15.0 Å². The first kappa shape index (κ1) is 27.7. The van der Waals surface area contributed by atoms with Gasteiger partial charge in [-0.25, -0.2) is 14.7 Å². The van der Waals surface area contributed by atoms with Gasteiger partial charge in [-0.2, -0.15) is 4.98 Å². The van der Waals surface area contributed by atoms with Crippen LogP contribution in [0.4, 0.5) is 33.6 Å². The Kier molecular flexibility index (Phi) is 8.69. The second-order valence-corrected chi connectivity index (χ2v) is 10.0. The Labute approximate surface area is 244 Å². The maximum atomic E-state index is 13.9. The van der Waals surface area contributed by atoms with Gasteiger partial charge >= 0.3 is 6.03 Å². The quantitative estimate of drug-likeness (QED) is 0.210. The molecule has 3 aromatic carbocycles. The van der Waals surface area contributed by atoms with Crippen molar-refractivity contribution in [1.29, 1.82) is 0 Å². The van der Waals surface area contributed by atoms with E-state index < -0.39 is 0 Å². The third-order valence-electron chi connectivity index (χ3n) is 6.70. The summed E-state index contributed by atoms with van der Waals surface area (Å²) in [5, 5.41) is 4.13. The second kappa shape index (κ2) is 12.6. The average molecular weight is 578 g/mol. The summed E-state index contributed by atoms with van der Waals surface area (Å²) in [6.45, 7) is 8.07. The van der Waals surface area contributed by atoms with E-state index in [1.54, 1.807) is 34.2 Å². The number of fused-ring (bicyclic) bond motifs is 1. The molecule has 2 amide bonds. The predicted molar refractivity (Wildman–Crippen MR) is 162 cm³/mol. The molecule has 8 nitrogen and oxygen atoms in total. The Morgan fingerprint density at radius 2 is 1.75 bits per heavy atom. The van der Waals surface area contributed by atoms with Crippen LogP contribution in [-0.4, -0.2) is 47.1 Å². The van der Waals surface area contributed by atoms with E-state index in [0.717, 1.165) is 36.6 Å². The van der Waals surface area contributed by atoms with E-state index in [1.165, 1.54) is 0 Å². The van der Waals surface area contributed by atoms with Crippen molar-refractivity contribution in [2.75, 3.05) is 41.4 Å². The molecule has 10 heteroatoms. The highest BCUT2D eigenvalue weighted by molar-refractivity contribution is 6.37. The number of urea groups is 1. The first-order valence-electron chi connectivity index (χ1n) is 13.2. The van der Waals surface area contributed by atoms with Crippen LogP contribution in [0, 0.1) is 0 Å². The van der Waals surface area contributed by atoms with Crippen LogP contribution in [0.1, 0.15) is 19.4 Å². The molecular formula is C30H30Cl2N6O2. The Bertz CT molecular complexity index is 1470. The summed E-state index contributed by atoms with van der Waals surface area (Å²) in [5.74, 6) is 1.68. The molecule has 0 atom stereocenters. The monoisotopic (exact) mass is 576 g/mol. The number of ether oxygens (including phenoxy) is 1. The fourth-order valence-corrected chi connectivity index (χ4v) is 5.02. The van der Waals surface area contributed by atoms with E-state index in [9.17, 15) is 4.79 Å². The van der Waals surface area contributed by atoms with Crippen molar-refractivity contribution in [3.8, 4) is 5.75 Å². The van der Waals surface area contributed by atoms with E-state index >= 15 is 0 Å². The van der Waals surface area contributed by atoms with Gasteiger partial charge in [-0.15, -0.1) is 0 Å². The van der Waals surface area contributed by atoms with Crippen molar-refractivity contribution in [3.63, 3.8) is 0 Å². The summed E-state index contributed by atoms with van der Waals surface area (Å²) in [5.41, 5.74) is 2.82. The highest BCUT2D eigenvalue weighted by Crippen LogP contribution is 2.39. The molecule has 0 radical (unpaired) electrons. The topological polar surface area (TPSA) is 73.8 Å². The van der Waals surface area contributed by atoms with E-state index in [2.05, 4.69) is 29.0 Å². The third-order valence-corrected chi connectivity index (χ3v) is 7.24. The lowest BCUT2D eigenvalue weighted by Crippen LogP contribution is -2.45. The minimum atomic E-state index is -0.279. The minimum Gasteiger partial charge on any atom is -0.492 e. The lowest BCUT2D eigenvalue weighted by molar-refractivity contribution is 0.223. The molecule has 206 valence electrons. The smallest absolute Gasteiger partial charge is 0.335 e. The minimum absolute atomic E-state index is 0.263. The highest BCUT2D eigenvalue weighted by atomic mass is 35.5. The molecule has 5 rings (SSSR count). The maximum Gasteiger partial charge on any atom is 0.335 e. The average Bonchev–Trinajstić information content (AvgIpc) is 2.97. The van der Waals surface area contributed by atoms with Gasteiger partial charge in [0.1, 0.15) is 12.4 Å². The molecule has 4 aromatic rings. The summed E-state index contributed by atoms with van der Waals surface area (Å²) in [7, 11) is 0. The predicted octanol–water partition coefficient (Wildman–Crippen LogP) is 7.53. The molecule has 0 saturated heterocycles. The van der Waals surface area contributed by atoms with Crippen molar-refractivity contribution >= 4 is 58.1 Å². The Morgan fingerprint density at radius 1 is 1.00 bits per heavy atom. The summed E-state index contributed by atoms with van der Waals surface area (Å²) < 4.78 is 5.89. The Hall–Kier alpha value is -3.85. The highest BCUT2D eigenvalue weighted by Gasteiger charge is 2.35. The van der Waals surface area contributed by atoms with Crippen LogP contribution in [-0.2, 0) is 6.54 Å². The Morgan fingerprint density at radius 3 is 2.45 bits per heavy atom. The molecule has 0 fully saturated rings. The van der Waals surface area contributed by atoms with Gasteiger partial charge in [0.05, 0.1) is 22.9 Å². The zero-order valence-corrected chi connectivity index (χ0v) is 23.9. The number of carbonyl (C=O) groups excluding carboxylic acids is 1. The van der Waals surface area contributed by atoms with E-state index in [-0.39, 0.29) is 12.6 Å². The number of amides is 2. The van der Waals surface area contributed by atoms with Gasteiger partial charge in [0.25, 0.3) is 0 Å². The zero-order chi connectivity index (χ0) is 28.1. The van der Waals surface area contributed by atoms with Crippen LogP contribution in [0.3, 0.4) is 0 Å². The summed E-state index contributed by atoms with van der Waals surface area (Å²) in [4.78, 5) is 28.6. The number of nitrogens with one attached hydrogen (secondary N) is 1. The normalized spacial score (nSPS) is 13.0. The SMILES string of the molecule is CCN(CC)CCOc1ccc(Nc2ncc3c(n2)N(c2ccccc2)C(=O)N(c2ccc(Cl)cc2Cl)C3)cc1. The molecule has 2 heterocycles. The van der Waals surface area contributed by atoms with Gasteiger partial charge in [-0.1, -0.05) is 55.2 Å². The standard InChI is InChI=1S/C30H30Cl2N6O2/c1-3-36(4-2)16-17-40-25-13-11-23(12-14-25)34-29-33-19-21-20-37(27-15-10-22(31)18-26(27)32)30(39)38(28(21)35-29)24-8-6-5-7-9-24/h5-15,18-19H,3-4,16-17,20H2,1-2H3,(H,33,34,35). The fourth-order valence-electron chi connectivity index (χ4n) is 4.51. The van der Waals surface area contributed by atoms with Gasteiger partial charge in [0.2, 0.25) is 5.95 Å². The zero-order valence-electron chi connectivity index (χ0n) is 22.3. The number of carbonyl (C=O) groups is 1. The molecule has 1 aromatic heterocycles. The molecule has 1 aliphatic rings. The molecular weight excluding hydrogens is 547 g/mol. The van der Waals surface area contributed by atoms with E-state index in [4.69, 9.17) is 32.9 Å². The Balaban J connectivity index is 1.38. The van der Waals surface area contributed by atoms with Crippen molar-refractivity contribution in [3.05, 3.63) is 94.6 Å². The molecule has 0 bridgehead atoms. The summed E-state index contributed by atoms with van der Waals surface area (Å²) >= 11 is 12.6. The van der Waals surface area contributed by atoms with Gasteiger partial charge in [0.15, 0.2) is 5.82 Å². The number of hydrogen-bond donors (Lipinski definition) is 1. The molecule has 40 heavy (non-hydrogen) atoms. The fraction of sp³-hybridized carbons (Fsp3) is 0.233. The molecule has 1 N–H and O–H groups in total. The van der Waals surface area contributed by atoms with Crippen molar-refractivity contribution in [2.45, 2.75) is 20.4 Å². The lowest BCUT2D eigenvalue weighted by atomic mass is 10.1. The summed E-state index contributed by atoms with van der Waals surface area (Å²) in [6.07, 6.45) is 1.73. The van der Waals surface area contributed by atoms with Crippen LogP contribution in [0.15, 0.2) is 79.0 Å². The lowest BCUT2D eigenvalue weighted by Gasteiger charge is -2.36. The first-order valence-corrected chi connectivity index (χ1v) is 13.9. The largest absolute Gasteiger partial charge is 0.492 e.